The molecule has 2 aliphatic rings. The Hall–Kier alpha value is -1.55. The van der Waals surface area contributed by atoms with E-state index in [9.17, 15) is 4.79 Å². The van der Waals surface area contributed by atoms with E-state index >= 15 is 0 Å². The molecule has 0 aromatic heterocycles. The van der Waals surface area contributed by atoms with Crippen molar-refractivity contribution in [3.8, 4) is 5.75 Å². The maximum Gasteiger partial charge on any atom is 0.232 e. The minimum atomic E-state index is 0.0592. The second-order valence-electron chi connectivity index (χ2n) is 5.61. The lowest BCUT2D eigenvalue weighted by molar-refractivity contribution is -0.129. The van der Waals surface area contributed by atoms with E-state index in [1.165, 1.54) is 0 Å². The third-order valence-electron chi connectivity index (χ3n) is 4.32. The van der Waals surface area contributed by atoms with Crippen molar-refractivity contribution in [3.05, 3.63) is 24.3 Å². The summed E-state index contributed by atoms with van der Waals surface area (Å²) in [4.78, 5) is 14.0. The van der Waals surface area contributed by atoms with Crippen molar-refractivity contribution in [3.63, 3.8) is 0 Å². The van der Waals surface area contributed by atoms with E-state index in [1.807, 2.05) is 36.1 Å². The standard InChI is InChI=1S/C16H21NO3/c1-4-5-13-15(20-13)14-10(2)16(18)17(14)11-6-8-12(19-3)9-7-11/h6-10,13-15H,4-5H2,1-3H3. The number of β-lactam (4-membered cyclic amide) rings is 1. The molecule has 0 N–H and O–H groups in total. The van der Waals surface area contributed by atoms with E-state index < -0.39 is 0 Å². The third-order valence-corrected chi connectivity index (χ3v) is 4.32. The van der Waals surface area contributed by atoms with Gasteiger partial charge in [0.1, 0.15) is 11.9 Å². The maximum atomic E-state index is 12.2. The van der Waals surface area contributed by atoms with Gasteiger partial charge in [-0.15, -0.1) is 0 Å². The summed E-state index contributed by atoms with van der Waals surface area (Å²) in [5.41, 5.74) is 0.935. The van der Waals surface area contributed by atoms with Gasteiger partial charge in [0, 0.05) is 5.69 Å². The molecule has 0 radical (unpaired) electrons. The van der Waals surface area contributed by atoms with Gasteiger partial charge in [-0.1, -0.05) is 20.3 Å². The highest BCUT2D eigenvalue weighted by molar-refractivity contribution is 6.03. The lowest BCUT2D eigenvalue weighted by Gasteiger charge is -2.45. The zero-order valence-electron chi connectivity index (χ0n) is 12.2. The van der Waals surface area contributed by atoms with Crippen LogP contribution in [0.3, 0.4) is 0 Å². The fraction of sp³-hybridized carbons (Fsp3) is 0.562. The Balaban J connectivity index is 1.75. The van der Waals surface area contributed by atoms with Gasteiger partial charge in [0.05, 0.1) is 25.2 Å². The van der Waals surface area contributed by atoms with Crippen molar-refractivity contribution in [1.82, 2.24) is 0 Å². The molecular formula is C16H21NO3. The topological polar surface area (TPSA) is 42.1 Å². The molecule has 0 spiro atoms. The molecule has 4 unspecified atom stereocenters. The van der Waals surface area contributed by atoms with Gasteiger partial charge in [-0.2, -0.15) is 0 Å². The molecular weight excluding hydrogens is 254 g/mol. The van der Waals surface area contributed by atoms with E-state index in [0.29, 0.717) is 6.10 Å². The van der Waals surface area contributed by atoms with E-state index in [1.54, 1.807) is 7.11 Å². The molecule has 4 nitrogen and oxygen atoms in total. The highest BCUT2D eigenvalue weighted by atomic mass is 16.6. The van der Waals surface area contributed by atoms with Crippen molar-refractivity contribution >= 4 is 11.6 Å². The van der Waals surface area contributed by atoms with Crippen LogP contribution in [0.2, 0.25) is 0 Å². The van der Waals surface area contributed by atoms with Gasteiger partial charge in [0.25, 0.3) is 0 Å². The number of hydrogen-bond donors (Lipinski definition) is 0. The largest absolute Gasteiger partial charge is 0.497 e. The molecule has 2 heterocycles. The molecule has 3 rings (SSSR count). The molecule has 1 amide bonds. The molecule has 2 aliphatic heterocycles. The van der Waals surface area contributed by atoms with Crippen LogP contribution in [0.5, 0.6) is 5.75 Å². The monoisotopic (exact) mass is 275 g/mol. The van der Waals surface area contributed by atoms with E-state index in [-0.39, 0.29) is 24.0 Å². The Bertz CT molecular complexity index is 499. The van der Waals surface area contributed by atoms with Crippen LogP contribution < -0.4 is 9.64 Å². The van der Waals surface area contributed by atoms with Gasteiger partial charge in [-0.3, -0.25) is 4.79 Å². The molecule has 0 bridgehead atoms. The number of epoxide rings is 1. The molecule has 4 heteroatoms. The average molecular weight is 275 g/mol. The van der Waals surface area contributed by atoms with E-state index in [4.69, 9.17) is 9.47 Å². The highest BCUT2D eigenvalue weighted by Gasteiger charge is 2.57. The van der Waals surface area contributed by atoms with Crippen molar-refractivity contribution in [2.45, 2.75) is 44.9 Å². The number of hydrogen-bond acceptors (Lipinski definition) is 3. The van der Waals surface area contributed by atoms with Crippen LogP contribution in [-0.2, 0) is 9.53 Å². The Morgan fingerprint density at radius 2 is 2.00 bits per heavy atom. The second kappa shape index (κ2) is 5.09. The van der Waals surface area contributed by atoms with Crippen molar-refractivity contribution in [1.29, 1.82) is 0 Å². The molecule has 0 saturated carbocycles. The number of anilines is 1. The normalized spacial score (nSPS) is 31.9. The summed E-state index contributed by atoms with van der Waals surface area (Å²) in [6.07, 6.45) is 2.75. The molecule has 2 fully saturated rings. The lowest BCUT2D eigenvalue weighted by Crippen LogP contribution is -2.63. The predicted molar refractivity (Wildman–Crippen MR) is 77.0 cm³/mol. The van der Waals surface area contributed by atoms with Gasteiger partial charge in [-0.25, -0.2) is 0 Å². The second-order valence-corrected chi connectivity index (χ2v) is 5.61. The molecule has 0 aliphatic carbocycles. The third kappa shape index (κ3) is 2.08. The number of methoxy groups -OCH3 is 1. The summed E-state index contributed by atoms with van der Waals surface area (Å²) in [5, 5.41) is 0. The molecule has 2 saturated heterocycles. The van der Waals surface area contributed by atoms with Gasteiger partial charge in [-0.05, 0) is 30.7 Å². The van der Waals surface area contributed by atoms with Crippen LogP contribution in [0.4, 0.5) is 5.69 Å². The number of amides is 1. The Morgan fingerprint density at radius 3 is 2.60 bits per heavy atom. The zero-order valence-corrected chi connectivity index (χ0v) is 12.2. The Morgan fingerprint density at radius 1 is 1.30 bits per heavy atom. The fourth-order valence-corrected chi connectivity index (χ4v) is 3.10. The quantitative estimate of drug-likeness (QED) is 0.613. The summed E-state index contributed by atoms with van der Waals surface area (Å²) in [6.45, 7) is 4.16. The summed E-state index contributed by atoms with van der Waals surface area (Å²) in [6, 6.07) is 7.84. The van der Waals surface area contributed by atoms with Crippen LogP contribution in [0, 0.1) is 5.92 Å². The minimum Gasteiger partial charge on any atom is -0.497 e. The first-order valence-electron chi connectivity index (χ1n) is 7.30. The number of benzene rings is 1. The first-order chi connectivity index (χ1) is 9.67. The van der Waals surface area contributed by atoms with Crippen LogP contribution in [0.15, 0.2) is 24.3 Å². The summed E-state index contributed by atoms with van der Waals surface area (Å²) in [7, 11) is 1.64. The maximum absolute atomic E-state index is 12.2. The number of carbonyl (C=O) groups excluding carboxylic acids is 1. The van der Waals surface area contributed by atoms with Gasteiger partial charge in [0.2, 0.25) is 5.91 Å². The fourth-order valence-electron chi connectivity index (χ4n) is 3.10. The average Bonchev–Trinajstić information content (AvgIpc) is 3.22. The lowest BCUT2D eigenvalue weighted by atomic mass is 9.84. The predicted octanol–water partition coefficient (Wildman–Crippen LogP) is 2.61. The summed E-state index contributed by atoms with van der Waals surface area (Å²) < 4.78 is 10.9. The number of nitrogens with zero attached hydrogens (tertiary/aromatic N) is 1. The van der Waals surface area contributed by atoms with Crippen LogP contribution >= 0.6 is 0 Å². The molecule has 108 valence electrons. The van der Waals surface area contributed by atoms with Crippen molar-refractivity contribution in [2.75, 3.05) is 12.0 Å². The number of rotatable bonds is 5. The van der Waals surface area contributed by atoms with Gasteiger partial charge >= 0.3 is 0 Å². The van der Waals surface area contributed by atoms with Gasteiger partial charge < -0.3 is 14.4 Å². The van der Waals surface area contributed by atoms with Crippen molar-refractivity contribution < 1.29 is 14.3 Å². The summed E-state index contributed by atoms with van der Waals surface area (Å²) in [5.74, 6) is 1.05. The highest BCUT2D eigenvalue weighted by Crippen LogP contribution is 2.43. The SMILES string of the molecule is CCCC1OC1C1C(C)C(=O)N1c1ccc(OC)cc1. The van der Waals surface area contributed by atoms with Crippen LogP contribution in [0.1, 0.15) is 26.7 Å². The molecule has 20 heavy (non-hydrogen) atoms. The Labute approximate surface area is 119 Å². The first kappa shape index (κ1) is 13.4. The molecule has 1 aromatic carbocycles. The van der Waals surface area contributed by atoms with Crippen LogP contribution in [0.25, 0.3) is 0 Å². The number of carbonyl (C=O) groups is 1. The minimum absolute atomic E-state index is 0.0592. The van der Waals surface area contributed by atoms with Gasteiger partial charge in [0.15, 0.2) is 0 Å². The van der Waals surface area contributed by atoms with E-state index in [0.717, 1.165) is 24.3 Å². The van der Waals surface area contributed by atoms with Crippen LogP contribution in [-0.4, -0.2) is 31.3 Å². The first-order valence-corrected chi connectivity index (χ1v) is 7.30. The van der Waals surface area contributed by atoms with E-state index in [2.05, 4.69) is 6.92 Å². The zero-order chi connectivity index (χ0) is 14.3. The molecule has 1 aromatic rings. The smallest absolute Gasteiger partial charge is 0.232 e. The number of ether oxygens (including phenoxy) is 2. The molecule has 4 atom stereocenters. The van der Waals surface area contributed by atoms with Crippen molar-refractivity contribution in [2.24, 2.45) is 5.92 Å². The summed E-state index contributed by atoms with van der Waals surface area (Å²) >= 11 is 0. The Kier molecular flexibility index (Phi) is 3.42.